The number of fused-ring (bicyclic) bond motifs is 1. The van der Waals surface area contributed by atoms with Gasteiger partial charge in [-0.3, -0.25) is 9.59 Å². The van der Waals surface area contributed by atoms with Gasteiger partial charge in [-0.05, 0) is 35.9 Å². The topological polar surface area (TPSA) is 49.9 Å². The lowest BCUT2D eigenvalue weighted by Crippen LogP contribution is -2.53. The van der Waals surface area contributed by atoms with Gasteiger partial charge in [0.05, 0.1) is 0 Å². The summed E-state index contributed by atoms with van der Waals surface area (Å²) in [6.07, 6.45) is 0.0394. The number of ether oxygens (including phenoxy) is 1. The van der Waals surface area contributed by atoms with Gasteiger partial charge in [0.15, 0.2) is 6.10 Å². The SMILES string of the molecule is O=C(c1ccccc1)N1CCN(C(=O)C2Cc3cc(Cl)ccc3O2)CC1. The Kier molecular flexibility index (Phi) is 4.55. The molecule has 2 aliphatic heterocycles. The van der Waals surface area contributed by atoms with Crippen molar-refractivity contribution >= 4 is 23.4 Å². The predicted octanol–water partition coefficient (Wildman–Crippen LogP) is 2.63. The molecule has 0 bridgehead atoms. The van der Waals surface area contributed by atoms with E-state index >= 15 is 0 Å². The average molecular weight is 371 g/mol. The van der Waals surface area contributed by atoms with Gasteiger partial charge in [-0.15, -0.1) is 0 Å². The van der Waals surface area contributed by atoms with E-state index in [1.807, 2.05) is 36.4 Å². The van der Waals surface area contributed by atoms with Crippen LogP contribution in [0.2, 0.25) is 5.02 Å². The maximum Gasteiger partial charge on any atom is 0.264 e. The second kappa shape index (κ2) is 7.00. The predicted molar refractivity (Wildman–Crippen MR) is 98.5 cm³/mol. The third-order valence-corrected chi connectivity index (χ3v) is 5.11. The quantitative estimate of drug-likeness (QED) is 0.816. The summed E-state index contributed by atoms with van der Waals surface area (Å²) in [5.41, 5.74) is 1.65. The molecule has 2 aromatic rings. The molecule has 4 rings (SSSR count). The van der Waals surface area contributed by atoms with Crippen LogP contribution in [0.15, 0.2) is 48.5 Å². The van der Waals surface area contributed by atoms with E-state index in [2.05, 4.69) is 0 Å². The second-order valence-electron chi connectivity index (χ2n) is 6.55. The fraction of sp³-hybridized carbons (Fsp3) is 0.300. The van der Waals surface area contributed by atoms with Crippen LogP contribution in [0.4, 0.5) is 0 Å². The molecule has 2 amide bonds. The second-order valence-corrected chi connectivity index (χ2v) is 6.98. The number of hydrogen-bond donors (Lipinski definition) is 0. The number of hydrogen-bond acceptors (Lipinski definition) is 3. The summed E-state index contributed by atoms with van der Waals surface area (Å²) in [4.78, 5) is 28.8. The van der Waals surface area contributed by atoms with Crippen LogP contribution in [0.5, 0.6) is 5.75 Å². The summed E-state index contributed by atoms with van der Waals surface area (Å²) >= 11 is 6.01. The van der Waals surface area contributed by atoms with Crippen LogP contribution in [0.3, 0.4) is 0 Å². The third-order valence-electron chi connectivity index (χ3n) is 4.87. The molecule has 0 spiro atoms. The fourth-order valence-electron chi connectivity index (χ4n) is 3.45. The normalized spacial score (nSPS) is 19.0. The lowest BCUT2D eigenvalue weighted by molar-refractivity contribution is -0.139. The first-order chi connectivity index (χ1) is 12.6. The van der Waals surface area contributed by atoms with Crippen LogP contribution in [0.25, 0.3) is 0 Å². The number of nitrogens with zero attached hydrogens (tertiary/aromatic N) is 2. The van der Waals surface area contributed by atoms with Crippen molar-refractivity contribution in [1.82, 2.24) is 9.80 Å². The molecule has 2 aliphatic rings. The minimum absolute atomic E-state index is 0.0110. The van der Waals surface area contributed by atoms with Crippen molar-refractivity contribution in [2.75, 3.05) is 26.2 Å². The Balaban J connectivity index is 1.35. The first kappa shape index (κ1) is 16.9. The monoisotopic (exact) mass is 370 g/mol. The maximum atomic E-state index is 12.8. The minimum atomic E-state index is -0.500. The Morgan fingerprint density at radius 3 is 2.38 bits per heavy atom. The fourth-order valence-corrected chi connectivity index (χ4v) is 3.65. The number of halogens is 1. The lowest BCUT2D eigenvalue weighted by Gasteiger charge is -2.35. The van der Waals surface area contributed by atoms with Crippen molar-refractivity contribution in [1.29, 1.82) is 0 Å². The standard InChI is InChI=1S/C20H19ClN2O3/c21-16-6-7-17-15(12-16)13-18(26-17)20(25)23-10-8-22(9-11-23)19(24)14-4-2-1-3-5-14/h1-7,12,18H,8-11,13H2. The van der Waals surface area contributed by atoms with Gasteiger partial charge in [0.1, 0.15) is 5.75 Å². The van der Waals surface area contributed by atoms with Gasteiger partial charge in [0.25, 0.3) is 11.8 Å². The van der Waals surface area contributed by atoms with E-state index in [9.17, 15) is 9.59 Å². The highest BCUT2D eigenvalue weighted by molar-refractivity contribution is 6.30. The summed E-state index contributed by atoms with van der Waals surface area (Å²) in [5, 5.41) is 0.647. The Hall–Kier alpha value is -2.53. The third kappa shape index (κ3) is 3.27. The molecule has 1 unspecified atom stereocenters. The molecule has 0 saturated carbocycles. The van der Waals surface area contributed by atoms with Gasteiger partial charge >= 0.3 is 0 Å². The van der Waals surface area contributed by atoms with Crippen LogP contribution in [-0.2, 0) is 11.2 Å². The Morgan fingerprint density at radius 1 is 0.962 bits per heavy atom. The molecular formula is C20H19ClN2O3. The Morgan fingerprint density at radius 2 is 1.65 bits per heavy atom. The molecule has 0 aliphatic carbocycles. The zero-order valence-corrected chi connectivity index (χ0v) is 15.0. The van der Waals surface area contributed by atoms with Gasteiger partial charge in [-0.1, -0.05) is 29.8 Å². The molecular weight excluding hydrogens is 352 g/mol. The van der Waals surface area contributed by atoms with E-state index in [-0.39, 0.29) is 11.8 Å². The summed E-state index contributed by atoms with van der Waals surface area (Å²) in [6.45, 7) is 2.11. The van der Waals surface area contributed by atoms with Crippen LogP contribution < -0.4 is 4.74 Å². The van der Waals surface area contributed by atoms with E-state index in [1.165, 1.54) is 0 Å². The first-order valence-electron chi connectivity index (χ1n) is 8.70. The first-order valence-corrected chi connectivity index (χ1v) is 9.08. The van der Waals surface area contributed by atoms with Crippen molar-refractivity contribution in [3.8, 4) is 5.75 Å². The van der Waals surface area contributed by atoms with Crippen LogP contribution in [0, 0.1) is 0 Å². The smallest absolute Gasteiger partial charge is 0.264 e. The number of piperazine rings is 1. The molecule has 2 heterocycles. The van der Waals surface area contributed by atoms with Crippen LogP contribution in [-0.4, -0.2) is 53.9 Å². The maximum absolute atomic E-state index is 12.8. The van der Waals surface area contributed by atoms with Crippen molar-refractivity contribution in [3.05, 3.63) is 64.7 Å². The van der Waals surface area contributed by atoms with Gasteiger partial charge < -0.3 is 14.5 Å². The molecule has 0 radical (unpaired) electrons. The van der Waals surface area contributed by atoms with Crippen molar-refractivity contribution in [2.45, 2.75) is 12.5 Å². The van der Waals surface area contributed by atoms with E-state index in [0.717, 1.165) is 11.3 Å². The highest BCUT2D eigenvalue weighted by atomic mass is 35.5. The molecule has 1 atom stereocenters. The molecule has 2 aromatic carbocycles. The molecule has 0 N–H and O–H groups in total. The largest absolute Gasteiger partial charge is 0.480 e. The summed E-state index contributed by atoms with van der Waals surface area (Å²) in [5.74, 6) is 0.714. The summed E-state index contributed by atoms with van der Waals surface area (Å²) in [7, 11) is 0. The number of amides is 2. The lowest BCUT2D eigenvalue weighted by atomic mass is 10.1. The van der Waals surface area contributed by atoms with Gasteiger partial charge in [-0.2, -0.15) is 0 Å². The average Bonchev–Trinajstić information content (AvgIpc) is 3.11. The summed E-state index contributed by atoms with van der Waals surface area (Å²) < 4.78 is 5.79. The van der Waals surface area contributed by atoms with E-state index in [1.54, 1.807) is 21.9 Å². The van der Waals surface area contributed by atoms with Crippen molar-refractivity contribution in [2.24, 2.45) is 0 Å². The van der Waals surface area contributed by atoms with Gasteiger partial charge in [0.2, 0.25) is 0 Å². The number of carbonyl (C=O) groups excluding carboxylic acids is 2. The van der Waals surface area contributed by atoms with E-state index in [4.69, 9.17) is 16.3 Å². The molecule has 1 saturated heterocycles. The Labute approximate surface area is 157 Å². The van der Waals surface area contributed by atoms with Crippen LogP contribution >= 0.6 is 11.6 Å². The zero-order chi connectivity index (χ0) is 18.1. The van der Waals surface area contributed by atoms with Crippen molar-refractivity contribution in [3.63, 3.8) is 0 Å². The highest BCUT2D eigenvalue weighted by Crippen LogP contribution is 2.31. The van der Waals surface area contributed by atoms with Crippen LogP contribution in [0.1, 0.15) is 15.9 Å². The van der Waals surface area contributed by atoms with E-state index < -0.39 is 6.10 Å². The molecule has 0 aromatic heterocycles. The number of carbonyl (C=O) groups is 2. The van der Waals surface area contributed by atoms with E-state index in [0.29, 0.717) is 43.2 Å². The van der Waals surface area contributed by atoms with Gasteiger partial charge in [0, 0.05) is 43.2 Å². The Bertz CT molecular complexity index is 832. The highest BCUT2D eigenvalue weighted by Gasteiger charge is 2.34. The summed E-state index contributed by atoms with van der Waals surface area (Å²) in [6, 6.07) is 14.6. The number of rotatable bonds is 2. The molecule has 1 fully saturated rings. The molecule has 26 heavy (non-hydrogen) atoms. The van der Waals surface area contributed by atoms with Gasteiger partial charge in [-0.25, -0.2) is 0 Å². The zero-order valence-electron chi connectivity index (χ0n) is 14.2. The van der Waals surface area contributed by atoms with Crippen molar-refractivity contribution < 1.29 is 14.3 Å². The molecule has 5 nitrogen and oxygen atoms in total. The molecule has 6 heteroatoms. The minimum Gasteiger partial charge on any atom is -0.480 e. The molecule has 134 valence electrons. The number of benzene rings is 2.